The average Bonchev–Trinajstić information content (AvgIpc) is 2.37. The summed E-state index contributed by atoms with van der Waals surface area (Å²) in [6, 6.07) is 1.54. The second kappa shape index (κ2) is 3.10. The molecule has 1 heterocycles. The van der Waals surface area contributed by atoms with Crippen molar-refractivity contribution < 1.29 is 9.18 Å². The average molecular weight is 142 g/mol. The summed E-state index contributed by atoms with van der Waals surface area (Å²) < 4.78 is 13.0. The van der Waals surface area contributed by atoms with Gasteiger partial charge in [-0.25, -0.2) is 4.39 Å². The Labute approximate surface area is 57.5 Å². The molecule has 0 saturated heterocycles. The fourth-order valence-corrected chi connectivity index (χ4v) is 0.651. The zero-order chi connectivity index (χ0) is 7.40. The van der Waals surface area contributed by atoms with Crippen molar-refractivity contribution in [3.63, 3.8) is 0 Å². The van der Waals surface area contributed by atoms with E-state index in [2.05, 4.69) is 5.10 Å². The van der Waals surface area contributed by atoms with Crippen LogP contribution in [0.4, 0.5) is 4.39 Å². The van der Waals surface area contributed by atoms with Crippen LogP contribution in [0.15, 0.2) is 12.3 Å². The molecule has 1 aromatic rings. The zero-order valence-corrected chi connectivity index (χ0v) is 5.33. The van der Waals surface area contributed by atoms with Gasteiger partial charge in [0.1, 0.15) is 12.4 Å². The van der Waals surface area contributed by atoms with Gasteiger partial charge in [0.2, 0.25) is 0 Å². The Balaban J connectivity index is 2.68. The van der Waals surface area contributed by atoms with Crippen molar-refractivity contribution in [2.24, 2.45) is 0 Å². The molecule has 0 aromatic carbocycles. The van der Waals surface area contributed by atoms with Crippen LogP contribution in [0, 0.1) is 0 Å². The minimum absolute atomic E-state index is 0.216. The van der Waals surface area contributed by atoms with Crippen molar-refractivity contribution in [2.75, 3.05) is 6.67 Å². The molecule has 0 aliphatic heterocycles. The van der Waals surface area contributed by atoms with Gasteiger partial charge in [-0.2, -0.15) is 5.10 Å². The fraction of sp³-hybridized carbons (Fsp3) is 0.333. The number of alkyl halides is 1. The van der Waals surface area contributed by atoms with E-state index in [0.29, 0.717) is 12.0 Å². The first kappa shape index (κ1) is 6.92. The maximum Gasteiger partial charge on any atom is 0.170 e. The summed E-state index contributed by atoms with van der Waals surface area (Å²) in [5.41, 5.74) is 0.341. The monoisotopic (exact) mass is 142 g/mol. The molecule has 0 fully saturated rings. The Morgan fingerprint density at radius 3 is 3.10 bits per heavy atom. The number of aldehydes is 1. The number of hydrogen-bond acceptors (Lipinski definition) is 2. The minimum atomic E-state index is -0.458. The van der Waals surface area contributed by atoms with Gasteiger partial charge in [-0.05, 0) is 6.07 Å². The van der Waals surface area contributed by atoms with Crippen LogP contribution in [0.1, 0.15) is 10.5 Å². The second-order valence-electron chi connectivity index (χ2n) is 1.81. The third-order valence-electron chi connectivity index (χ3n) is 1.10. The Hall–Kier alpha value is -1.19. The van der Waals surface area contributed by atoms with Gasteiger partial charge in [0.25, 0.3) is 0 Å². The van der Waals surface area contributed by atoms with E-state index in [-0.39, 0.29) is 6.54 Å². The number of aromatic nitrogens is 2. The lowest BCUT2D eigenvalue weighted by Crippen LogP contribution is -2.00. The fourth-order valence-electron chi connectivity index (χ4n) is 0.651. The summed E-state index contributed by atoms with van der Waals surface area (Å²) >= 11 is 0. The van der Waals surface area contributed by atoms with Gasteiger partial charge < -0.3 is 0 Å². The SMILES string of the molecule is O=Cc1ccn(CCF)n1. The van der Waals surface area contributed by atoms with Gasteiger partial charge in [0, 0.05) is 6.20 Å². The first-order valence-electron chi connectivity index (χ1n) is 2.91. The van der Waals surface area contributed by atoms with Gasteiger partial charge in [0.05, 0.1) is 6.54 Å². The van der Waals surface area contributed by atoms with Crippen molar-refractivity contribution >= 4 is 6.29 Å². The predicted octanol–water partition coefficient (Wildman–Crippen LogP) is 0.665. The standard InChI is InChI=1S/C6H7FN2O/c7-2-4-9-3-1-6(5-10)8-9/h1,3,5H,2,4H2. The summed E-state index contributed by atoms with van der Waals surface area (Å²) in [6.45, 7) is -0.242. The molecule has 0 amide bonds. The lowest BCUT2D eigenvalue weighted by atomic mass is 10.5. The Morgan fingerprint density at radius 2 is 2.60 bits per heavy atom. The third-order valence-corrected chi connectivity index (χ3v) is 1.10. The van der Waals surface area contributed by atoms with Gasteiger partial charge in [-0.15, -0.1) is 0 Å². The van der Waals surface area contributed by atoms with Crippen molar-refractivity contribution in [2.45, 2.75) is 6.54 Å². The number of rotatable bonds is 3. The summed E-state index contributed by atoms with van der Waals surface area (Å²) in [4.78, 5) is 10.1. The molecule has 54 valence electrons. The Kier molecular flexibility index (Phi) is 2.15. The molecule has 4 heteroatoms. The molecule has 0 unspecified atom stereocenters. The van der Waals surface area contributed by atoms with E-state index in [9.17, 15) is 9.18 Å². The lowest BCUT2D eigenvalue weighted by Gasteiger charge is -1.91. The maximum atomic E-state index is 11.6. The quantitative estimate of drug-likeness (QED) is 0.581. The molecule has 1 rings (SSSR count). The largest absolute Gasteiger partial charge is 0.296 e. The normalized spacial score (nSPS) is 9.70. The van der Waals surface area contributed by atoms with E-state index >= 15 is 0 Å². The van der Waals surface area contributed by atoms with Crippen LogP contribution in [-0.2, 0) is 6.54 Å². The van der Waals surface area contributed by atoms with Crippen LogP contribution in [0.25, 0.3) is 0 Å². The smallest absolute Gasteiger partial charge is 0.170 e. The highest BCUT2D eigenvalue weighted by molar-refractivity contribution is 5.71. The lowest BCUT2D eigenvalue weighted by molar-refractivity contribution is 0.111. The van der Waals surface area contributed by atoms with E-state index in [0.717, 1.165) is 0 Å². The summed E-state index contributed by atoms with van der Waals surface area (Å²) in [7, 11) is 0. The molecular formula is C6H7FN2O. The van der Waals surface area contributed by atoms with Gasteiger partial charge >= 0.3 is 0 Å². The first-order chi connectivity index (χ1) is 4.86. The van der Waals surface area contributed by atoms with E-state index in [4.69, 9.17) is 0 Å². The van der Waals surface area contributed by atoms with E-state index in [1.165, 1.54) is 4.68 Å². The Morgan fingerprint density at radius 1 is 1.80 bits per heavy atom. The third kappa shape index (κ3) is 1.40. The highest BCUT2D eigenvalue weighted by Crippen LogP contribution is 1.90. The summed E-state index contributed by atoms with van der Waals surface area (Å²) in [6.07, 6.45) is 2.21. The van der Waals surface area contributed by atoms with Crippen LogP contribution >= 0.6 is 0 Å². The molecule has 1 aromatic heterocycles. The zero-order valence-electron chi connectivity index (χ0n) is 5.33. The minimum Gasteiger partial charge on any atom is -0.296 e. The predicted molar refractivity (Wildman–Crippen MR) is 33.6 cm³/mol. The molecule has 0 radical (unpaired) electrons. The van der Waals surface area contributed by atoms with Crippen LogP contribution in [-0.4, -0.2) is 22.7 Å². The summed E-state index contributed by atoms with van der Waals surface area (Å²) in [5.74, 6) is 0. The van der Waals surface area contributed by atoms with E-state index < -0.39 is 6.67 Å². The van der Waals surface area contributed by atoms with Gasteiger partial charge in [-0.1, -0.05) is 0 Å². The Bertz CT molecular complexity index is 221. The van der Waals surface area contributed by atoms with Gasteiger partial charge in [0.15, 0.2) is 6.29 Å². The molecule has 0 aliphatic carbocycles. The first-order valence-corrected chi connectivity index (χ1v) is 2.91. The number of halogens is 1. The van der Waals surface area contributed by atoms with Crippen molar-refractivity contribution in [1.29, 1.82) is 0 Å². The topological polar surface area (TPSA) is 34.9 Å². The second-order valence-corrected chi connectivity index (χ2v) is 1.81. The highest BCUT2D eigenvalue weighted by atomic mass is 19.1. The van der Waals surface area contributed by atoms with Crippen LogP contribution in [0.2, 0.25) is 0 Å². The van der Waals surface area contributed by atoms with E-state index in [1.807, 2.05) is 0 Å². The molecule has 3 nitrogen and oxygen atoms in total. The molecule has 0 saturated carbocycles. The molecule has 0 N–H and O–H groups in total. The molecule has 0 spiro atoms. The van der Waals surface area contributed by atoms with Crippen LogP contribution < -0.4 is 0 Å². The maximum absolute atomic E-state index is 11.6. The van der Waals surface area contributed by atoms with Crippen molar-refractivity contribution in [1.82, 2.24) is 9.78 Å². The highest BCUT2D eigenvalue weighted by Gasteiger charge is 1.94. The van der Waals surface area contributed by atoms with Crippen molar-refractivity contribution in [3.8, 4) is 0 Å². The van der Waals surface area contributed by atoms with E-state index in [1.54, 1.807) is 12.3 Å². The molecule has 0 bridgehead atoms. The number of hydrogen-bond donors (Lipinski definition) is 0. The number of aryl methyl sites for hydroxylation is 1. The van der Waals surface area contributed by atoms with Crippen LogP contribution in [0.5, 0.6) is 0 Å². The number of nitrogens with zero attached hydrogens (tertiary/aromatic N) is 2. The van der Waals surface area contributed by atoms with Crippen molar-refractivity contribution in [3.05, 3.63) is 18.0 Å². The molecule has 0 atom stereocenters. The number of carbonyl (C=O) groups excluding carboxylic acids is 1. The molecule has 0 aliphatic rings. The molecular weight excluding hydrogens is 135 g/mol. The van der Waals surface area contributed by atoms with Crippen LogP contribution in [0.3, 0.4) is 0 Å². The number of carbonyl (C=O) groups is 1. The van der Waals surface area contributed by atoms with Gasteiger partial charge in [-0.3, -0.25) is 9.48 Å². The summed E-state index contributed by atoms with van der Waals surface area (Å²) in [5, 5.41) is 3.73. The molecule has 10 heavy (non-hydrogen) atoms.